The van der Waals surface area contributed by atoms with E-state index in [4.69, 9.17) is 4.74 Å². The van der Waals surface area contributed by atoms with Crippen LogP contribution in [0.15, 0.2) is 30.0 Å². The van der Waals surface area contributed by atoms with Crippen LogP contribution < -0.4 is 0 Å². The average Bonchev–Trinajstić information content (AvgIpc) is 2.80. The zero-order valence-electron chi connectivity index (χ0n) is 8.09. The van der Waals surface area contributed by atoms with Gasteiger partial charge in [0.2, 0.25) is 0 Å². The number of carbonyl (C=O) groups excluding carboxylic acids is 1. The summed E-state index contributed by atoms with van der Waals surface area (Å²) >= 11 is 1.39. The number of hydrogen-bond acceptors (Lipinski definition) is 5. The fourth-order valence-corrected chi connectivity index (χ4v) is 1.53. The van der Waals surface area contributed by atoms with E-state index in [0.717, 1.165) is 17.1 Å². The lowest BCUT2D eigenvalue weighted by Gasteiger charge is -2.01. The second-order valence-corrected chi connectivity index (χ2v) is 3.88. The number of aromatic nitrogens is 2. The number of esters is 1. The Labute approximate surface area is 94.7 Å². The first-order valence-electron chi connectivity index (χ1n) is 4.42. The fourth-order valence-electron chi connectivity index (χ4n) is 1.02. The van der Waals surface area contributed by atoms with Crippen molar-refractivity contribution in [3.05, 3.63) is 46.4 Å². The summed E-state index contributed by atoms with van der Waals surface area (Å²) in [4.78, 5) is 19.7. The van der Waals surface area contributed by atoms with Crippen molar-refractivity contribution in [1.82, 2.24) is 9.97 Å². The second kappa shape index (κ2) is 4.80. The number of thiazole rings is 1. The monoisotopic (exact) mass is 238 g/mol. The Hall–Kier alpha value is -1.82. The Bertz CT molecular complexity index is 470. The summed E-state index contributed by atoms with van der Waals surface area (Å²) < 4.78 is 17.5. The molecule has 0 unspecified atom stereocenters. The van der Waals surface area contributed by atoms with E-state index in [-0.39, 0.29) is 12.3 Å². The number of carbonyl (C=O) groups is 1. The minimum absolute atomic E-state index is 0.0888. The van der Waals surface area contributed by atoms with Gasteiger partial charge in [0.25, 0.3) is 0 Å². The number of hydrogen-bond donors (Lipinski definition) is 0. The molecule has 0 N–H and O–H groups in total. The van der Waals surface area contributed by atoms with Crippen molar-refractivity contribution in [2.75, 3.05) is 0 Å². The number of pyridine rings is 1. The summed E-state index contributed by atoms with van der Waals surface area (Å²) in [6.07, 6.45) is 2.60. The van der Waals surface area contributed by atoms with Crippen LogP contribution in [0.25, 0.3) is 0 Å². The molecule has 0 atom stereocenters. The number of ether oxygens (including phenoxy) is 1. The van der Waals surface area contributed by atoms with E-state index in [1.165, 1.54) is 17.4 Å². The first kappa shape index (κ1) is 10.7. The van der Waals surface area contributed by atoms with E-state index < -0.39 is 11.8 Å². The van der Waals surface area contributed by atoms with Crippen molar-refractivity contribution >= 4 is 17.3 Å². The van der Waals surface area contributed by atoms with Gasteiger partial charge in [0, 0.05) is 6.20 Å². The van der Waals surface area contributed by atoms with Crippen molar-refractivity contribution in [2.24, 2.45) is 0 Å². The zero-order valence-corrected chi connectivity index (χ0v) is 8.91. The van der Waals surface area contributed by atoms with E-state index >= 15 is 0 Å². The van der Waals surface area contributed by atoms with Crippen LogP contribution in [0.1, 0.15) is 15.4 Å². The highest BCUT2D eigenvalue weighted by molar-refractivity contribution is 7.09. The molecule has 6 heteroatoms. The molecule has 0 amide bonds. The van der Waals surface area contributed by atoms with Crippen LogP contribution in [0, 0.1) is 5.82 Å². The summed E-state index contributed by atoms with van der Waals surface area (Å²) in [6, 6.07) is 2.45. The molecule has 2 heterocycles. The molecular weight excluding hydrogens is 231 g/mol. The van der Waals surface area contributed by atoms with Crippen molar-refractivity contribution in [3.63, 3.8) is 0 Å². The third-order valence-corrected chi connectivity index (χ3v) is 2.52. The predicted octanol–water partition coefficient (Wildman–Crippen LogP) is 2.03. The highest BCUT2D eigenvalue weighted by atomic mass is 32.1. The third-order valence-electron chi connectivity index (χ3n) is 1.77. The van der Waals surface area contributed by atoms with Gasteiger partial charge in [0.05, 0.1) is 16.6 Å². The summed E-state index contributed by atoms with van der Waals surface area (Å²) in [7, 11) is 0. The molecule has 2 aromatic heterocycles. The molecule has 0 aliphatic rings. The first-order chi connectivity index (χ1) is 7.75. The van der Waals surface area contributed by atoms with Gasteiger partial charge in [0.1, 0.15) is 18.1 Å². The maximum atomic E-state index is 12.5. The summed E-state index contributed by atoms with van der Waals surface area (Å²) in [5.41, 5.74) is 1.74. The standard InChI is InChI=1S/C10H7FN2O2S/c11-7-1-2-9(13-3-7)10(14)15-5-8-4-12-6-16-8/h1-4,6H,5H2. The topological polar surface area (TPSA) is 52.1 Å². The van der Waals surface area contributed by atoms with E-state index in [9.17, 15) is 9.18 Å². The average molecular weight is 238 g/mol. The molecule has 4 nitrogen and oxygen atoms in total. The van der Waals surface area contributed by atoms with Crippen LogP contribution in [-0.4, -0.2) is 15.9 Å². The number of rotatable bonds is 3. The molecule has 82 valence electrons. The van der Waals surface area contributed by atoms with Crippen molar-refractivity contribution in [1.29, 1.82) is 0 Å². The maximum absolute atomic E-state index is 12.5. The number of halogens is 1. The molecule has 0 radical (unpaired) electrons. The van der Waals surface area contributed by atoms with Gasteiger partial charge in [0.15, 0.2) is 0 Å². The normalized spacial score (nSPS) is 10.1. The molecule has 0 aliphatic heterocycles. The molecule has 2 rings (SSSR count). The van der Waals surface area contributed by atoms with Crippen LogP contribution in [0.5, 0.6) is 0 Å². The van der Waals surface area contributed by atoms with E-state index in [1.54, 1.807) is 11.7 Å². The maximum Gasteiger partial charge on any atom is 0.357 e. The second-order valence-electron chi connectivity index (χ2n) is 2.91. The van der Waals surface area contributed by atoms with Gasteiger partial charge in [-0.3, -0.25) is 4.98 Å². The van der Waals surface area contributed by atoms with Crippen LogP contribution in [0.2, 0.25) is 0 Å². The fraction of sp³-hybridized carbons (Fsp3) is 0.100. The Morgan fingerprint density at radius 3 is 2.94 bits per heavy atom. The van der Waals surface area contributed by atoms with Crippen LogP contribution in [0.3, 0.4) is 0 Å². The Kier molecular flexibility index (Phi) is 3.21. The Morgan fingerprint density at radius 2 is 2.31 bits per heavy atom. The van der Waals surface area contributed by atoms with Crippen molar-refractivity contribution < 1.29 is 13.9 Å². The van der Waals surface area contributed by atoms with Crippen molar-refractivity contribution in [3.8, 4) is 0 Å². The number of nitrogens with zero attached hydrogens (tertiary/aromatic N) is 2. The summed E-state index contributed by atoms with van der Waals surface area (Å²) in [5, 5.41) is 0. The highest BCUT2D eigenvalue weighted by Crippen LogP contribution is 2.08. The van der Waals surface area contributed by atoms with Gasteiger partial charge in [-0.1, -0.05) is 0 Å². The van der Waals surface area contributed by atoms with E-state index in [0.29, 0.717) is 0 Å². The molecule has 0 saturated carbocycles. The molecule has 0 aromatic carbocycles. The molecular formula is C10H7FN2O2S. The lowest BCUT2D eigenvalue weighted by atomic mass is 10.3. The summed E-state index contributed by atoms with van der Waals surface area (Å²) in [5.74, 6) is -1.06. The SMILES string of the molecule is O=C(OCc1cncs1)c1ccc(F)cn1. The minimum atomic E-state index is -0.576. The van der Waals surface area contributed by atoms with Gasteiger partial charge in [-0.15, -0.1) is 11.3 Å². The lowest BCUT2D eigenvalue weighted by molar-refractivity contribution is 0.0469. The highest BCUT2D eigenvalue weighted by Gasteiger charge is 2.09. The lowest BCUT2D eigenvalue weighted by Crippen LogP contribution is -2.06. The Morgan fingerprint density at radius 1 is 1.44 bits per heavy atom. The van der Waals surface area contributed by atoms with Crippen LogP contribution in [-0.2, 0) is 11.3 Å². The van der Waals surface area contributed by atoms with Gasteiger partial charge in [-0.2, -0.15) is 0 Å². The largest absolute Gasteiger partial charge is 0.455 e. The molecule has 0 aliphatic carbocycles. The van der Waals surface area contributed by atoms with Gasteiger partial charge >= 0.3 is 5.97 Å². The van der Waals surface area contributed by atoms with Crippen molar-refractivity contribution in [2.45, 2.75) is 6.61 Å². The van der Waals surface area contributed by atoms with E-state index in [1.807, 2.05) is 0 Å². The quantitative estimate of drug-likeness (QED) is 0.768. The van der Waals surface area contributed by atoms with Gasteiger partial charge in [-0.05, 0) is 12.1 Å². The van der Waals surface area contributed by atoms with Crippen LogP contribution >= 0.6 is 11.3 Å². The molecule has 16 heavy (non-hydrogen) atoms. The molecule has 0 saturated heterocycles. The van der Waals surface area contributed by atoms with Gasteiger partial charge < -0.3 is 4.74 Å². The predicted molar refractivity (Wildman–Crippen MR) is 55.4 cm³/mol. The molecule has 0 spiro atoms. The third kappa shape index (κ3) is 2.60. The van der Waals surface area contributed by atoms with Gasteiger partial charge in [-0.25, -0.2) is 14.2 Å². The summed E-state index contributed by atoms with van der Waals surface area (Å²) in [6.45, 7) is 0.155. The Balaban J connectivity index is 1.95. The minimum Gasteiger partial charge on any atom is -0.455 e. The van der Waals surface area contributed by atoms with Crippen LogP contribution in [0.4, 0.5) is 4.39 Å². The van der Waals surface area contributed by atoms with E-state index in [2.05, 4.69) is 9.97 Å². The smallest absolute Gasteiger partial charge is 0.357 e. The molecule has 2 aromatic rings. The molecule has 0 fully saturated rings. The first-order valence-corrected chi connectivity index (χ1v) is 5.30. The molecule has 0 bridgehead atoms. The zero-order chi connectivity index (χ0) is 11.4.